The van der Waals surface area contributed by atoms with Crippen LogP contribution in [0.15, 0.2) is 24.3 Å². The second-order valence-electron chi connectivity index (χ2n) is 8.68. The van der Waals surface area contributed by atoms with Gasteiger partial charge in [-0.15, -0.1) is 0 Å². The largest absolute Gasteiger partial charge is 0.352 e. The first-order chi connectivity index (χ1) is 12.5. The predicted octanol–water partition coefficient (Wildman–Crippen LogP) is 2.29. The summed E-state index contributed by atoms with van der Waals surface area (Å²) in [4.78, 5) is 17.7. The van der Waals surface area contributed by atoms with Gasteiger partial charge >= 0.3 is 0 Å². The lowest BCUT2D eigenvalue weighted by atomic mass is 9.66. The highest BCUT2D eigenvalue weighted by Crippen LogP contribution is 2.43. The summed E-state index contributed by atoms with van der Waals surface area (Å²) >= 11 is 0. The van der Waals surface area contributed by atoms with Gasteiger partial charge in [0.15, 0.2) is 0 Å². The van der Waals surface area contributed by atoms with Crippen LogP contribution in [0.2, 0.25) is 0 Å². The van der Waals surface area contributed by atoms with E-state index >= 15 is 0 Å². The smallest absolute Gasteiger partial charge is 0.225 e. The number of amides is 1. The van der Waals surface area contributed by atoms with Crippen molar-refractivity contribution in [3.05, 3.63) is 35.6 Å². The fourth-order valence-corrected chi connectivity index (χ4v) is 4.87. The van der Waals surface area contributed by atoms with Crippen LogP contribution < -0.4 is 5.32 Å². The average Bonchev–Trinajstić information content (AvgIpc) is 3.09. The van der Waals surface area contributed by atoms with E-state index in [1.165, 1.54) is 17.7 Å². The van der Waals surface area contributed by atoms with Crippen molar-refractivity contribution in [1.29, 1.82) is 0 Å². The van der Waals surface area contributed by atoms with Crippen molar-refractivity contribution in [1.82, 2.24) is 15.1 Å². The van der Waals surface area contributed by atoms with Gasteiger partial charge in [-0.3, -0.25) is 4.79 Å². The van der Waals surface area contributed by atoms with Crippen LogP contribution in [0.3, 0.4) is 0 Å². The van der Waals surface area contributed by atoms with E-state index in [-0.39, 0.29) is 29.1 Å². The third-order valence-corrected chi connectivity index (χ3v) is 6.85. The van der Waals surface area contributed by atoms with Crippen molar-refractivity contribution in [2.75, 3.05) is 39.3 Å². The predicted molar refractivity (Wildman–Crippen MR) is 100 cm³/mol. The molecule has 0 aliphatic carbocycles. The Morgan fingerprint density at radius 3 is 2.62 bits per heavy atom. The monoisotopic (exact) mass is 359 g/mol. The molecule has 4 saturated heterocycles. The Balaban J connectivity index is 1.25. The molecule has 2 unspecified atom stereocenters. The summed E-state index contributed by atoms with van der Waals surface area (Å²) in [5.74, 6) is 0.236. The average molecular weight is 359 g/mol. The number of carbonyl (C=O) groups is 1. The molecule has 4 nitrogen and oxygen atoms in total. The molecule has 4 fully saturated rings. The lowest BCUT2D eigenvalue weighted by Gasteiger charge is -2.51. The first kappa shape index (κ1) is 17.9. The Kier molecular flexibility index (Phi) is 5.02. The molecule has 2 atom stereocenters. The minimum atomic E-state index is -0.181. The minimum absolute atomic E-state index is 0.151. The van der Waals surface area contributed by atoms with Gasteiger partial charge in [-0.05, 0) is 61.9 Å². The maximum absolute atomic E-state index is 13.0. The number of fused-ring (bicyclic) bond motifs is 3. The van der Waals surface area contributed by atoms with Crippen molar-refractivity contribution in [2.24, 2.45) is 11.3 Å². The van der Waals surface area contributed by atoms with Gasteiger partial charge in [0.05, 0.1) is 5.92 Å². The Labute approximate surface area is 155 Å². The summed E-state index contributed by atoms with van der Waals surface area (Å²) in [6, 6.07) is 7.04. The first-order valence-corrected chi connectivity index (χ1v) is 10.0. The van der Waals surface area contributed by atoms with Crippen molar-refractivity contribution >= 4 is 5.91 Å². The van der Waals surface area contributed by atoms with Crippen LogP contribution in [0.25, 0.3) is 0 Å². The number of likely N-dealkylation sites (tertiary alicyclic amines) is 1. The van der Waals surface area contributed by atoms with Gasteiger partial charge in [-0.25, -0.2) is 4.39 Å². The molecular formula is C21H30FN3O. The van der Waals surface area contributed by atoms with Crippen LogP contribution in [0.4, 0.5) is 4.39 Å². The molecule has 5 heteroatoms. The molecule has 0 spiro atoms. The van der Waals surface area contributed by atoms with Crippen LogP contribution in [-0.4, -0.2) is 61.0 Å². The van der Waals surface area contributed by atoms with Gasteiger partial charge < -0.3 is 15.1 Å². The van der Waals surface area contributed by atoms with Gasteiger partial charge in [-0.1, -0.05) is 19.1 Å². The van der Waals surface area contributed by atoms with E-state index in [2.05, 4.69) is 22.0 Å². The molecular weight excluding hydrogens is 329 g/mol. The third-order valence-electron chi connectivity index (χ3n) is 6.85. The van der Waals surface area contributed by atoms with Crippen molar-refractivity contribution < 1.29 is 9.18 Å². The lowest BCUT2D eigenvalue weighted by molar-refractivity contribution is -0.137. The zero-order valence-corrected chi connectivity index (χ0v) is 15.7. The second kappa shape index (κ2) is 7.28. The normalized spacial score (nSPS) is 34.2. The van der Waals surface area contributed by atoms with Crippen molar-refractivity contribution in [3.8, 4) is 0 Å². The topological polar surface area (TPSA) is 35.6 Å². The Hall–Kier alpha value is -1.46. The number of hydrogen-bond acceptors (Lipinski definition) is 3. The maximum Gasteiger partial charge on any atom is 0.225 e. The highest BCUT2D eigenvalue weighted by molar-refractivity contribution is 5.80. The van der Waals surface area contributed by atoms with Gasteiger partial charge in [0.25, 0.3) is 0 Å². The molecule has 0 radical (unpaired) electrons. The fraction of sp³-hybridized carbons (Fsp3) is 0.667. The molecule has 4 aliphatic heterocycles. The lowest BCUT2D eigenvalue weighted by Crippen LogP contribution is -2.58. The Morgan fingerprint density at radius 2 is 1.92 bits per heavy atom. The number of carbonyl (C=O) groups excluding carboxylic acids is 1. The number of nitrogens with one attached hydrogen (secondary N) is 1. The number of nitrogens with zero attached hydrogens (tertiary/aromatic N) is 2. The van der Waals surface area contributed by atoms with E-state index in [9.17, 15) is 9.18 Å². The van der Waals surface area contributed by atoms with Crippen molar-refractivity contribution in [2.45, 2.75) is 38.6 Å². The zero-order chi connectivity index (χ0) is 18.1. The molecule has 4 aliphatic rings. The Morgan fingerprint density at radius 1 is 1.19 bits per heavy atom. The molecule has 26 heavy (non-hydrogen) atoms. The molecule has 4 heterocycles. The highest BCUT2D eigenvalue weighted by atomic mass is 19.1. The summed E-state index contributed by atoms with van der Waals surface area (Å²) < 4.78 is 13.0. The van der Waals surface area contributed by atoms with Gasteiger partial charge in [-0.2, -0.15) is 0 Å². The summed E-state index contributed by atoms with van der Waals surface area (Å²) in [5, 5.41) is 3.34. The van der Waals surface area contributed by atoms with Crippen molar-refractivity contribution in [3.63, 3.8) is 0 Å². The standard InChI is InChI=1S/C21H30FN3O/c1-21-8-12-25(13-9-21)15-19(21)20(26)23-18-7-11-24(14-18)10-6-16-2-4-17(22)5-3-16/h2-5,18-19H,6-15H2,1H3,(H,23,26). The molecule has 0 aromatic heterocycles. The minimum Gasteiger partial charge on any atom is -0.352 e. The van der Waals surface area contributed by atoms with E-state index < -0.39 is 0 Å². The van der Waals surface area contributed by atoms with E-state index in [0.717, 1.165) is 65.0 Å². The molecule has 142 valence electrons. The molecule has 1 N–H and O–H groups in total. The Bertz CT molecular complexity index is 639. The third kappa shape index (κ3) is 3.79. The SMILES string of the molecule is CC12CCN(CC1)CC2C(=O)NC1CCN(CCc2ccc(F)cc2)C1. The van der Waals surface area contributed by atoms with Crippen LogP contribution in [0.5, 0.6) is 0 Å². The molecule has 1 aromatic carbocycles. The van der Waals surface area contributed by atoms with E-state index in [0.29, 0.717) is 0 Å². The van der Waals surface area contributed by atoms with E-state index in [4.69, 9.17) is 0 Å². The van der Waals surface area contributed by atoms with E-state index in [1.54, 1.807) is 0 Å². The maximum atomic E-state index is 13.0. The van der Waals surface area contributed by atoms with Gasteiger partial charge in [0, 0.05) is 32.2 Å². The molecule has 5 rings (SSSR count). The fourth-order valence-electron chi connectivity index (χ4n) is 4.87. The number of halogens is 1. The van der Waals surface area contributed by atoms with Crippen LogP contribution >= 0.6 is 0 Å². The van der Waals surface area contributed by atoms with E-state index in [1.807, 2.05) is 12.1 Å². The summed E-state index contributed by atoms with van der Waals surface area (Å²) in [6.07, 6.45) is 4.26. The zero-order valence-electron chi connectivity index (χ0n) is 15.7. The number of rotatable bonds is 5. The number of piperidine rings is 3. The molecule has 1 amide bonds. The number of hydrogen-bond donors (Lipinski definition) is 1. The first-order valence-electron chi connectivity index (χ1n) is 10.0. The summed E-state index contributed by atoms with van der Waals surface area (Å²) in [6.45, 7) is 8.47. The number of benzene rings is 1. The molecule has 0 saturated carbocycles. The van der Waals surface area contributed by atoms with Gasteiger partial charge in [0.1, 0.15) is 5.82 Å². The quantitative estimate of drug-likeness (QED) is 0.876. The van der Waals surface area contributed by atoms with Crippen LogP contribution in [0, 0.1) is 17.2 Å². The van der Waals surface area contributed by atoms with Crippen LogP contribution in [0.1, 0.15) is 31.7 Å². The van der Waals surface area contributed by atoms with Crippen LogP contribution in [-0.2, 0) is 11.2 Å². The molecule has 1 aromatic rings. The highest BCUT2D eigenvalue weighted by Gasteiger charge is 2.47. The molecule has 2 bridgehead atoms. The summed E-state index contributed by atoms with van der Waals surface area (Å²) in [7, 11) is 0. The summed E-state index contributed by atoms with van der Waals surface area (Å²) in [5.41, 5.74) is 1.36. The van der Waals surface area contributed by atoms with Gasteiger partial charge in [0.2, 0.25) is 5.91 Å². The second-order valence-corrected chi connectivity index (χ2v) is 8.68.